The van der Waals surface area contributed by atoms with Gasteiger partial charge < -0.3 is 15.3 Å². The first kappa shape index (κ1) is 13.9. The van der Waals surface area contributed by atoms with Gasteiger partial charge in [-0.1, -0.05) is 29.8 Å². The predicted octanol–water partition coefficient (Wildman–Crippen LogP) is 2.93. The number of aromatic hydroxyl groups is 3. The molecule has 2 aromatic rings. The van der Waals surface area contributed by atoms with Crippen molar-refractivity contribution in [1.82, 2.24) is 0 Å². The maximum atomic E-state index is 12.1. The lowest BCUT2D eigenvalue weighted by atomic mass is 10.0. The number of carbonyl (C=O) groups excluding carboxylic acids is 1. The standard InChI is InChI=1S/C16H16O4/c1-10-3-2-4-11(7-10)5-6-13(18)16-14(19)8-12(17)9-15(16)20/h2-4,7-9,17,19-20H,5-6H2,1H3. The zero-order chi connectivity index (χ0) is 14.7. The second kappa shape index (κ2) is 5.65. The van der Waals surface area contributed by atoms with E-state index >= 15 is 0 Å². The summed E-state index contributed by atoms with van der Waals surface area (Å²) in [5.41, 5.74) is 2.00. The van der Waals surface area contributed by atoms with Gasteiger partial charge in [-0.2, -0.15) is 0 Å². The van der Waals surface area contributed by atoms with Gasteiger partial charge in [-0.05, 0) is 18.9 Å². The average molecular weight is 272 g/mol. The molecule has 0 saturated heterocycles. The molecule has 2 rings (SSSR count). The third-order valence-corrected chi connectivity index (χ3v) is 3.08. The number of ketones is 1. The Morgan fingerprint density at radius 3 is 2.30 bits per heavy atom. The third-order valence-electron chi connectivity index (χ3n) is 3.08. The first-order valence-corrected chi connectivity index (χ1v) is 6.31. The fourth-order valence-corrected chi connectivity index (χ4v) is 2.13. The first-order chi connectivity index (χ1) is 9.47. The summed E-state index contributed by atoms with van der Waals surface area (Å²) < 4.78 is 0. The van der Waals surface area contributed by atoms with Crippen molar-refractivity contribution >= 4 is 5.78 Å². The molecule has 0 radical (unpaired) electrons. The van der Waals surface area contributed by atoms with Crippen molar-refractivity contribution in [2.45, 2.75) is 19.8 Å². The quantitative estimate of drug-likeness (QED) is 0.748. The maximum absolute atomic E-state index is 12.1. The number of hydrogen-bond acceptors (Lipinski definition) is 4. The zero-order valence-electron chi connectivity index (χ0n) is 11.1. The Hall–Kier alpha value is -2.49. The predicted molar refractivity (Wildman–Crippen MR) is 75.3 cm³/mol. The molecular formula is C16H16O4. The summed E-state index contributed by atoms with van der Waals surface area (Å²) in [7, 11) is 0. The molecule has 0 atom stereocenters. The van der Waals surface area contributed by atoms with Crippen molar-refractivity contribution in [3.05, 3.63) is 53.1 Å². The van der Waals surface area contributed by atoms with Crippen molar-refractivity contribution < 1.29 is 20.1 Å². The van der Waals surface area contributed by atoms with Crippen LogP contribution >= 0.6 is 0 Å². The first-order valence-electron chi connectivity index (χ1n) is 6.31. The molecule has 0 unspecified atom stereocenters. The van der Waals surface area contributed by atoms with Gasteiger partial charge in [0.1, 0.15) is 22.8 Å². The zero-order valence-corrected chi connectivity index (χ0v) is 11.1. The molecule has 4 heteroatoms. The molecule has 0 aromatic heterocycles. The van der Waals surface area contributed by atoms with Gasteiger partial charge in [0.15, 0.2) is 5.78 Å². The summed E-state index contributed by atoms with van der Waals surface area (Å²) in [5, 5.41) is 28.5. The Morgan fingerprint density at radius 2 is 1.70 bits per heavy atom. The summed E-state index contributed by atoms with van der Waals surface area (Å²) in [4.78, 5) is 12.1. The van der Waals surface area contributed by atoms with Crippen molar-refractivity contribution in [2.24, 2.45) is 0 Å². The molecular weight excluding hydrogens is 256 g/mol. The molecule has 0 bridgehead atoms. The number of phenols is 3. The molecule has 20 heavy (non-hydrogen) atoms. The molecule has 4 nitrogen and oxygen atoms in total. The van der Waals surface area contributed by atoms with Crippen LogP contribution in [-0.2, 0) is 6.42 Å². The van der Waals surface area contributed by atoms with E-state index in [0.717, 1.165) is 23.3 Å². The van der Waals surface area contributed by atoms with Crippen molar-refractivity contribution in [3.8, 4) is 17.2 Å². The smallest absolute Gasteiger partial charge is 0.170 e. The van der Waals surface area contributed by atoms with Crippen LogP contribution in [0.5, 0.6) is 17.2 Å². The Labute approximate surface area is 116 Å². The fraction of sp³-hybridized carbons (Fsp3) is 0.188. The molecule has 0 aliphatic rings. The van der Waals surface area contributed by atoms with Crippen LogP contribution in [0, 0.1) is 6.92 Å². The molecule has 0 saturated carbocycles. The van der Waals surface area contributed by atoms with Gasteiger partial charge in [-0.3, -0.25) is 4.79 Å². The Bertz CT molecular complexity index is 624. The normalized spacial score (nSPS) is 10.4. The lowest BCUT2D eigenvalue weighted by Crippen LogP contribution is -2.02. The lowest BCUT2D eigenvalue weighted by molar-refractivity contribution is 0.0977. The summed E-state index contributed by atoms with van der Waals surface area (Å²) >= 11 is 0. The van der Waals surface area contributed by atoms with Gasteiger partial charge in [0.05, 0.1) is 0 Å². The summed E-state index contributed by atoms with van der Waals surface area (Å²) in [6.07, 6.45) is 0.704. The van der Waals surface area contributed by atoms with Gasteiger partial charge in [-0.25, -0.2) is 0 Å². The van der Waals surface area contributed by atoms with E-state index in [1.165, 1.54) is 0 Å². The number of benzene rings is 2. The van der Waals surface area contributed by atoms with Gasteiger partial charge in [0.25, 0.3) is 0 Å². The number of hydrogen-bond donors (Lipinski definition) is 3. The van der Waals surface area contributed by atoms with E-state index in [2.05, 4.69) is 0 Å². The van der Waals surface area contributed by atoms with Crippen LogP contribution < -0.4 is 0 Å². The molecule has 0 aliphatic heterocycles. The molecule has 2 aromatic carbocycles. The largest absolute Gasteiger partial charge is 0.508 e. The van der Waals surface area contributed by atoms with Crippen molar-refractivity contribution in [1.29, 1.82) is 0 Å². The van der Waals surface area contributed by atoms with Crippen LogP contribution in [0.2, 0.25) is 0 Å². The average Bonchev–Trinajstić information content (AvgIpc) is 2.35. The highest BCUT2D eigenvalue weighted by Gasteiger charge is 2.17. The summed E-state index contributed by atoms with van der Waals surface area (Å²) in [5.74, 6) is -1.45. The number of rotatable bonds is 4. The minimum atomic E-state index is -0.406. The summed E-state index contributed by atoms with van der Waals surface area (Å²) in [6.45, 7) is 1.98. The number of Topliss-reactive ketones (excluding diaryl/α,β-unsaturated/α-hetero) is 1. The van der Waals surface area contributed by atoms with Crippen molar-refractivity contribution in [3.63, 3.8) is 0 Å². The fourth-order valence-electron chi connectivity index (χ4n) is 2.13. The molecule has 0 spiro atoms. The molecule has 104 valence electrons. The van der Waals surface area contributed by atoms with Crippen molar-refractivity contribution in [2.75, 3.05) is 0 Å². The highest BCUT2D eigenvalue weighted by molar-refractivity contribution is 6.01. The maximum Gasteiger partial charge on any atom is 0.170 e. The Morgan fingerprint density at radius 1 is 1.05 bits per heavy atom. The Kier molecular flexibility index (Phi) is 3.94. The lowest BCUT2D eigenvalue weighted by Gasteiger charge is -2.07. The van der Waals surface area contributed by atoms with E-state index in [0.29, 0.717) is 6.42 Å². The van der Waals surface area contributed by atoms with Gasteiger partial charge in [0.2, 0.25) is 0 Å². The molecule has 0 amide bonds. The van der Waals surface area contributed by atoms with Gasteiger partial charge in [0, 0.05) is 18.6 Å². The molecule has 3 N–H and O–H groups in total. The number of aryl methyl sites for hydroxylation is 2. The molecule has 0 aliphatic carbocycles. The van der Waals surface area contributed by atoms with E-state index in [1.54, 1.807) is 0 Å². The van der Waals surface area contributed by atoms with E-state index in [4.69, 9.17) is 0 Å². The minimum absolute atomic E-state index is 0.143. The van der Waals surface area contributed by atoms with Gasteiger partial charge >= 0.3 is 0 Å². The second-order valence-corrected chi connectivity index (χ2v) is 4.77. The number of carbonyl (C=O) groups is 1. The summed E-state index contributed by atoms with van der Waals surface area (Å²) in [6, 6.07) is 9.90. The monoisotopic (exact) mass is 272 g/mol. The van der Waals surface area contributed by atoms with Gasteiger partial charge in [-0.15, -0.1) is 0 Å². The highest BCUT2D eigenvalue weighted by atomic mass is 16.3. The molecule has 0 fully saturated rings. The van der Waals surface area contributed by atoms with Crippen LogP contribution in [0.25, 0.3) is 0 Å². The van der Waals surface area contributed by atoms with Crippen LogP contribution in [-0.4, -0.2) is 21.1 Å². The van der Waals surface area contributed by atoms with E-state index in [1.807, 2.05) is 31.2 Å². The van der Waals surface area contributed by atoms with Crippen LogP contribution in [0.15, 0.2) is 36.4 Å². The third kappa shape index (κ3) is 3.09. The topological polar surface area (TPSA) is 77.8 Å². The highest BCUT2D eigenvalue weighted by Crippen LogP contribution is 2.33. The second-order valence-electron chi connectivity index (χ2n) is 4.77. The van der Waals surface area contributed by atoms with Crippen LogP contribution in [0.1, 0.15) is 27.9 Å². The van der Waals surface area contributed by atoms with E-state index in [-0.39, 0.29) is 23.5 Å². The van der Waals surface area contributed by atoms with Crippen LogP contribution in [0.4, 0.5) is 0 Å². The SMILES string of the molecule is Cc1cccc(CCC(=O)c2c(O)cc(O)cc2O)c1. The Balaban J connectivity index is 2.13. The van der Waals surface area contributed by atoms with Crippen LogP contribution in [0.3, 0.4) is 0 Å². The minimum Gasteiger partial charge on any atom is -0.508 e. The van der Waals surface area contributed by atoms with E-state index < -0.39 is 11.5 Å². The van der Waals surface area contributed by atoms with E-state index in [9.17, 15) is 20.1 Å². The molecule has 0 heterocycles. The number of phenolic OH excluding ortho intramolecular Hbond substituents is 3.